The minimum atomic E-state index is -0.332. The third kappa shape index (κ3) is 2.70. The Morgan fingerprint density at radius 3 is 2.53 bits per heavy atom. The number of nitrogens with one attached hydrogen (secondary N) is 1. The molecule has 0 aromatic carbocycles. The quantitative estimate of drug-likeness (QED) is 0.748. The van der Waals surface area contributed by atoms with Crippen molar-refractivity contribution in [3.63, 3.8) is 0 Å². The molecular formula is C14H23NO2. The molecule has 2 aliphatic rings. The molecule has 0 amide bonds. The predicted octanol–water partition coefficient (Wildman–Crippen LogP) is 3.46. The van der Waals surface area contributed by atoms with Gasteiger partial charge in [-0.05, 0) is 44.9 Å². The van der Waals surface area contributed by atoms with Crippen molar-refractivity contribution in [3.05, 3.63) is 0 Å². The van der Waals surface area contributed by atoms with E-state index < -0.39 is 0 Å². The zero-order chi connectivity index (χ0) is 12.3. The molecule has 1 atom stereocenters. The Hall–Kier alpha value is -0.860. The lowest BCUT2D eigenvalue weighted by Gasteiger charge is -2.44. The van der Waals surface area contributed by atoms with Crippen LogP contribution in [0.15, 0.2) is 0 Å². The first-order valence-corrected chi connectivity index (χ1v) is 6.91. The predicted molar refractivity (Wildman–Crippen MR) is 67.3 cm³/mol. The molecule has 2 aliphatic carbocycles. The summed E-state index contributed by atoms with van der Waals surface area (Å²) in [6, 6.07) is 0. The van der Waals surface area contributed by atoms with Gasteiger partial charge in [-0.15, -0.1) is 0 Å². The van der Waals surface area contributed by atoms with Crippen LogP contribution in [0, 0.1) is 11.3 Å². The lowest BCUT2D eigenvalue weighted by Crippen LogP contribution is -2.48. The minimum absolute atomic E-state index is 0.176. The summed E-state index contributed by atoms with van der Waals surface area (Å²) >= 11 is 0. The molecule has 0 spiro atoms. The lowest BCUT2D eigenvalue weighted by molar-refractivity contribution is -0.165. The third-order valence-corrected chi connectivity index (χ3v) is 4.29. The molecule has 1 N–H and O–H groups in total. The summed E-state index contributed by atoms with van der Waals surface area (Å²) in [6.07, 6.45) is 9.66. The summed E-state index contributed by atoms with van der Waals surface area (Å²) in [5, 5.41) is 8.16. The van der Waals surface area contributed by atoms with E-state index >= 15 is 0 Å². The van der Waals surface area contributed by atoms with Crippen molar-refractivity contribution in [2.75, 3.05) is 0 Å². The van der Waals surface area contributed by atoms with Crippen molar-refractivity contribution in [2.24, 2.45) is 5.92 Å². The molecule has 0 aromatic rings. The van der Waals surface area contributed by atoms with Crippen LogP contribution in [0.25, 0.3) is 0 Å². The summed E-state index contributed by atoms with van der Waals surface area (Å²) in [7, 11) is 0. The molecule has 2 rings (SSSR count). The van der Waals surface area contributed by atoms with Crippen molar-refractivity contribution >= 4 is 11.7 Å². The Morgan fingerprint density at radius 2 is 1.94 bits per heavy atom. The molecule has 3 nitrogen and oxygen atoms in total. The van der Waals surface area contributed by atoms with E-state index in [0.29, 0.717) is 0 Å². The van der Waals surface area contributed by atoms with Crippen molar-refractivity contribution in [1.29, 1.82) is 5.41 Å². The van der Waals surface area contributed by atoms with Gasteiger partial charge in [0.25, 0.3) is 0 Å². The highest BCUT2D eigenvalue weighted by Crippen LogP contribution is 2.43. The monoisotopic (exact) mass is 237 g/mol. The van der Waals surface area contributed by atoms with Gasteiger partial charge in [0.05, 0.1) is 0 Å². The van der Waals surface area contributed by atoms with Gasteiger partial charge in [0.1, 0.15) is 5.60 Å². The van der Waals surface area contributed by atoms with E-state index in [0.717, 1.165) is 50.7 Å². The number of hydrogen-bond acceptors (Lipinski definition) is 3. The average molecular weight is 237 g/mol. The van der Waals surface area contributed by atoms with E-state index in [1.54, 1.807) is 0 Å². The number of carbonyl (C=O) groups excluding carboxylic acids is 1. The van der Waals surface area contributed by atoms with Gasteiger partial charge in [0.2, 0.25) is 0 Å². The molecule has 0 heterocycles. The molecule has 0 aromatic heterocycles. The van der Waals surface area contributed by atoms with E-state index in [1.165, 1.54) is 19.8 Å². The van der Waals surface area contributed by atoms with Gasteiger partial charge >= 0.3 is 5.97 Å². The van der Waals surface area contributed by atoms with E-state index in [9.17, 15) is 4.79 Å². The van der Waals surface area contributed by atoms with E-state index in [1.807, 2.05) is 0 Å². The maximum atomic E-state index is 11.4. The Balaban J connectivity index is 2.18. The second-order valence-electron chi connectivity index (χ2n) is 5.54. The first kappa shape index (κ1) is 12.6. The molecule has 2 fully saturated rings. The van der Waals surface area contributed by atoms with E-state index in [2.05, 4.69) is 0 Å². The van der Waals surface area contributed by atoms with Gasteiger partial charge in [-0.1, -0.05) is 12.8 Å². The molecule has 0 aliphatic heterocycles. The fourth-order valence-corrected chi connectivity index (χ4v) is 3.55. The molecule has 0 bridgehead atoms. The number of ether oxygens (including phenoxy) is 1. The Kier molecular flexibility index (Phi) is 3.85. The van der Waals surface area contributed by atoms with Crippen LogP contribution in [-0.2, 0) is 9.53 Å². The summed E-state index contributed by atoms with van der Waals surface area (Å²) < 4.78 is 5.71. The van der Waals surface area contributed by atoms with Crippen LogP contribution in [0.1, 0.15) is 64.7 Å². The average Bonchev–Trinajstić information content (AvgIpc) is 2.29. The summed E-state index contributed by atoms with van der Waals surface area (Å²) in [6.45, 7) is 1.50. The first-order chi connectivity index (χ1) is 8.14. The fourth-order valence-electron chi connectivity index (χ4n) is 3.55. The number of esters is 1. The summed E-state index contributed by atoms with van der Waals surface area (Å²) in [5.74, 6) is 0.0192. The van der Waals surface area contributed by atoms with Gasteiger partial charge in [-0.25, -0.2) is 0 Å². The first-order valence-electron chi connectivity index (χ1n) is 6.91. The highest BCUT2D eigenvalue weighted by atomic mass is 16.6. The smallest absolute Gasteiger partial charge is 0.303 e. The van der Waals surface area contributed by atoms with Gasteiger partial charge in [0, 0.05) is 18.6 Å². The largest absolute Gasteiger partial charge is 0.459 e. The van der Waals surface area contributed by atoms with Gasteiger partial charge < -0.3 is 10.1 Å². The number of carbonyl (C=O) groups is 1. The molecule has 0 radical (unpaired) electrons. The van der Waals surface area contributed by atoms with Crippen molar-refractivity contribution in [1.82, 2.24) is 0 Å². The second kappa shape index (κ2) is 5.19. The number of hydrogen-bond donors (Lipinski definition) is 1. The molecular weight excluding hydrogens is 214 g/mol. The Morgan fingerprint density at radius 1 is 1.24 bits per heavy atom. The number of rotatable bonds is 2. The summed E-state index contributed by atoms with van der Waals surface area (Å²) in [5.41, 5.74) is 0.487. The standard InChI is InChI=1S/C14H23NO2/c1-11(16)17-14(9-5-2-6-10-14)12-7-3-4-8-13(12)15/h12,15H,2-10H2,1H3. The molecule has 96 valence electrons. The molecule has 1 unspecified atom stereocenters. The van der Waals surface area contributed by atoms with E-state index in [4.69, 9.17) is 10.1 Å². The van der Waals surface area contributed by atoms with Crippen molar-refractivity contribution in [2.45, 2.75) is 70.3 Å². The van der Waals surface area contributed by atoms with Crippen molar-refractivity contribution < 1.29 is 9.53 Å². The topological polar surface area (TPSA) is 50.2 Å². The second-order valence-corrected chi connectivity index (χ2v) is 5.54. The summed E-state index contributed by atoms with van der Waals surface area (Å²) in [4.78, 5) is 11.4. The van der Waals surface area contributed by atoms with Gasteiger partial charge in [0.15, 0.2) is 0 Å². The third-order valence-electron chi connectivity index (χ3n) is 4.29. The maximum Gasteiger partial charge on any atom is 0.303 e. The molecule has 17 heavy (non-hydrogen) atoms. The molecule has 2 saturated carbocycles. The van der Waals surface area contributed by atoms with Crippen LogP contribution in [0.2, 0.25) is 0 Å². The van der Waals surface area contributed by atoms with Crippen LogP contribution >= 0.6 is 0 Å². The lowest BCUT2D eigenvalue weighted by atomic mass is 9.69. The minimum Gasteiger partial charge on any atom is -0.459 e. The van der Waals surface area contributed by atoms with Crippen LogP contribution in [-0.4, -0.2) is 17.3 Å². The highest BCUT2D eigenvalue weighted by molar-refractivity contribution is 5.86. The maximum absolute atomic E-state index is 11.4. The molecule has 3 heteroatoms. The van der Waals surface area contributed by atoms with Crippen LogP contribution in [0.3, 0.4) is 0 Å². The SMILES string of the molecule is CC(=O)OC1(C2CCCCC2=N)CCCCC1. The molecule has 0 saturated heterocycles. The van der Waals surface area contributed by atoms with E-state index in [-0.39, 0.29) is 17.5 Å². The van der Waals surface area contributed by atoms with Gasteiger partial charge in [-0.2, -0.15) is 0 Å². The van der Waals surface area contributed by atoms with Crippen LogP contribution in [0.5, 0.6) is 0 Å². The van der Waals surface area contributed by atoms with Crippen LogP contribution in [0.4, 0.5) is 0 Å². The van der Waals surface area contributed by atoms with Crippen molar-refractivity contribution in [3.8, 4) is 0 Å². The zero-order valence-electron chi connectivity index (χ0n) is 10.8. The Bertz CT molecular complexity index is 305. The normalized spacial score (nSPS) is 28.8. The van der Waals surface area contributed by atoms with Crippen LogP contribution < -0.4 is 0 Å². The zero-order valence-corrected chi connectivity index (χ0v) is 10.8. The highest BCUT2D eigenvalue weighted by Gasteiger charge is 2.45. The van der Waals surface area contributed by atoms with Gasteiger partial charge in [-0.3, -0.25) is 4.79 Å². The Labute approximate surface area is 103 Å². The fraction of sp³-hybridized carbons (Fsp3) is 0.857.